The quantitative estimate of drug-likeness (QED) is 0.788. The lowest BCUT2D eigenvalue weighted by molar-refractivity contribution is -0.123. The lowest BCUT2D eigenvalue weighted by atomic mass is 10.0. The fraction of sp³-hybridized carbons (Fsp3) is 0.632. The predicted octanol–water partition coefficient (Wildman–Crippen LogP) is 1.17. The van der Waals surface area contributed by atoms with E-state index in [2.05, 4.69) is 46.3 Å². The first-order valence-corrected chi connectivity index (χ1v) is 9.07. The first kappa shape index (κ1) is 17.4. The molecular formula is C19H29N3O2. The van der Waals surface area contributed by atoms with Crippen LogP contribution in [0.5, 0.6) is 0 Å². The van der Waals surface area contributed by atoms with Gasteiger partial charge in [0.1, 0.15) is 0 Å². The average molecular weight is 331 g/mol. The highest BCUT2D eigenvalue weighted by Gasteiger charge is 2.33. The summed E-state index contributed by atoms with van der Waals surface area (Å²) in [7, 11) is 0. The summed E-state index contributed by atoms with van der Waals surface area (Å²) < 4.78 is 0. The number of piperazine rings is 1. The van der Waals surface area contributed by atoms with Gasteiger partial charge in [-0.2, -0.15) is 0 Å². The lowest BCUT2D eigenvalue weighted by Crippen LogP contribution is -2.50. The zero-order valence-electron chi connectivity index (χ0n) is 14.6. The Morgan fingerprint density at radius 3 is 2.38 bits per heavy atom. The van der Waals surface area contributed by atoms with Gasteiger partial charge in [0.2, 0.25) is 5.91 Å². The molecule has 1 unspecified atom stereocenters. The van der Waals surface area contributed by atoms with Gasteiger partial charge >= 0.3 is 0 Å². The highest BCUT2D eigenvalue weighted by atomic mass is 16.3. The van der Waals surface area contributed by atoms with Gasteiger partial charge in [-0.3, -0.25) is 14.6 Å². The molecule has 0 aromatic heterocycles. The number of hydrogen-bond acceptors (Lipinski definition) is 4. The second kappa shape index (κ2) is 8.10. The first-order chi connectivity index (χ1) is 11.7. The van der Waals surface area contributed by atoms with Gasteiger partial charge < -0.3 is 10.4 Å². The molecule has 1 aromatic rings. The van der Waals surface area contributed by atoms with Crippen LogP contribution in [0.15, 0.2) is 24.3 Å². The second-order valence-electron chi connectivity index (χ2n) is 7.13. The van der Waals surface area contributed by atoms with Gasteiger partial charge in [0.25, 0.3) is 0 Å². The number of nitrogens with zero attached hydrogens (tertiary/aromatic N) is 2. The number of rotatable bonds is 7. The zero-order valence-corrected chi connectivity index (χ0v) is 14.6. The van der Waals surface area contributed by atoms with E-state index < -0.39 is 0 Å². The highest BCUT2D eigenvalue weighted by Crippen LogP contribution is 2.41. The van der Waals surface area contributed by atoms with Gasteiger partial charge in [0, 0.05) is 32.7 Å². The van der Waals surface area contributed by atoms with Crippen LogP contribution in [0.2, 0.25) is 0 Å². The summed E-state index contributed by atoms with van der Waals surface area (Å²) >= 11 is 0. The number of carbonyl (C=O) groups excluding carboxylic acids is 1. The molecule has 5 nitrogen and oxygen atoms in total. The van der Waals surface area contributed by atoms with Crippen molar-refractivity contribution in [3.05, 3.63) is 35.4 Å². The largest absolute Gasteiger partial charge is 0.395 e. The van der Waals surface area contributed by atoms with E-state index in [1.807, 2.05) is 0 Å². The fourth-order valence-corrected chi connectivity index (χ4v) is 3.41. The number of nitrogens with one attached hydrogen (secondary N) is 1. The van der Waals surface area contributed by atoms with E-state index in [0.717, 1.165) is 32.7 Å². The van der Waals surface area contributed by atoms with Gasteiger partial charge in [-0.1, -0.05) is 29.8 Å². The Balaban J connectivity index is 1.50. The topological polar surface area (TPSA) is 55.8 Å². The molecule has 1 atom stereocenters. The first-order valence-electron chi connectivity index (χ1n) is 9.07. The molecule has 1 amide bonds. The molecule has 1 saturated carbocycles. The highest BCUT2D eigenvalue weighted by molar-refractivity contribution is 5.78. The van der Waals surface area contributed by atoms with Crippen LogP contribution in [-0.2, 0) is 4.79 Å². The second-order valence-corrected chi connectivity index (χ2v) is 7.13. The molecule has 2 fully saturated rings. The van der Waals surface area contributed by atoms with Crippen LogP contribution in [0.4, 0.5) is 0 Å². The third kappa shape index (κ3) is 4.79. The van der Waals surface area contributed by atoms with Crippen LogP contribution in [-0.4, -0.2) is 66.7 Å². The van der Waals surface area contributed by atoms with Crippen LogP contribution in [0, 0.1) is 12.8 Å². The van der Waals surface area contributed by atoms with Crippen molar-refractivity contribution in [2.45, 2.75) is 25.8 Å². The Morgan fingerprint density at radius 2 is 1.79 bits per heavy atom. The van der Waals surface area contributed by atoms with E-state index in [1.165, 1.54) is 24.0 Å². The number of aliphatic hydroxyl groups is 1. The monoisotopic (exact) mass is 331 g/mol. The predicted molar refractivity (Wildman–Crippen MR) is 94.8 cm³/mol. The number of hydrogen-bond donors (Lipinski definition) is 2. The van der Waals surface area contributed by atoms with Crippen LogP contribution in [0.1, 0.15) is 30.0 Å². The molecular weight excluding hydrogens is 302 g/mol. The van der Waals surface area contributed by atoms with E-state index in [4.69, 9.17) is 5.11 Å². The SMILES string of the molecule is Cc1ccc(C(NC(=O)CN2CCN(CCO)CC2)C2CC2)cc1. The summed E-state index contributed by atoms with van der Waals surface area (Å²) in [5, 5.41) is 12.3. The van der Waals surface area contributed by atoms with Crippen LogP contribution in [0.25, 0.3) is 0 Å². The molecule has 2 aliphatic rings. The van der Waals surface area contributed by atoms with Gasteiger partial charge in [-0.25, -0.2) is 0 Å². The van der Waals surface area contributed by atoms with Crippen molar-refractivity contribution < 1.29 is 9.90 Å². The fourth-order valence-electron chi connectivity index (χ4n) is 3.41. The molecule has 2 N–H and O–H groups in total. The van der Waals surface area contributed by atoms with Gasteiger partial charge in [-0.15, -0.1) is 0 Å². The Bertz CT molecular complexity index is 534. The number of aryl methyl sites for hydroxylation is 1. The number of amides is 1. The summed E-state index contributed by atoms with van der Waals surface area (Å²) in [4.78, 5) is 16.9. The molecule has 3 rings (SSSR count). The maximum absolute atomic E-state index is 12.5. The van der Waals surface area contributed by atoms with Crippen molar-refractivity contribution in [2.24, 2.45) is 5.92 Å². The van der Waals surface area contributed by atoms with Gasteiger partial charge in [-0.05, 0) is 31.2 Å². The van der Waals surface area contributed by atoms with Crippen molar-refractivity contribution in [1.82, 2.24) is 15.1 Å². The van der Waals surface area contributed by atoms with E-state index >= 15 is 0 Å². The molecule has 1 aliphatic carbocycles. The summed E-state index contributed by atoms with van der Waals surface area (Å²) in [5.74, 6) is 0.723. The minimum atomic E-state index is 0.128. The van der Waals surface area contributed by atoms with Crippen molar-refractivity contribution in [2.75, 3.05) is 45.9 Å². The molecule has 132 valence electrons. The van der Waals surface area contributed by atoms with Crippen LogP contribution in [0.3, 0.4) is 0 Å². The Hall–Kier alpha value is -1.43. The van der Waals surface area contributed by atoms with E-state index in [1.54, 1.807) is 0 Å². The van der Waals surface area contributed by atoms with Gasteiger partial charge in [0.05, 0.1) is 19.2 Å². The third-order valence-corrected chi connectivity index (χ3v) is 5.09. The minimum absolute atomic E-state index is 0.128. The molecule has 0 spiro atoms. The molecule has 1 aromatic carbocycles. The smallest absolute Gasteiger partial charge is 0.234 e. The standard InChI is InChI=1S/C19H29N3O2/c1-15-2-4-16(5-3-15)19(17-6-7-17)20-18(24)14-22-10-8-21(9-11-22)12-13-23/h2-5,17,19,23H,6-14H2,1H3,(H,20,24). The van der Waals surface area contributed by atoms with Gasteiger partial charge in [0.15, 0.2) is 0 Å². The number of β-amino-alcohol motifs (C(OH)–C–C–N with tert-alkyl or cyclic N) is 1. The number of aliphatic hydroxyl groups excluding tert-OH is 1. The van der Waals surface area contributed by atoms with Crippen molar-refractivity contribution in [3.63, 3.8) is 0 Å². The number of carbonyl (C=O) groups is 1. The van der Waals surface area contributed by atoms with E-state index in [9.17, 15) is 4.79 Å². The lowest BCUT2D eigenvalue weighted by Gasteiger charge is -2.34. The van der Waals surface area contributed by atoms with Crippen LogP contribution < -0.4 is 5.32 Å². The van der Waals surface area contributed by atoms with E-state index in [-0.39, 0.29) is 18.6 Å². The summed E-state index contributed by atoms with van der Waals surface area (Å²) in [6.07, 6.45) is 2.41. The van der Waals surface area contributed by atoms with E-state index in [0.29, 0.717) is 12.5 Å². The van der Waals surface area contributed by atoms with Crippen molar-refractivity contribution >= 4 is 5.91 Å². The van der Waals surface area contributed by atoms with Crippen molar-refractivity contribution in [3.8, 4) is 0 Å². The number of benzene rings is 1. The molecule has 1 saturated heterocycles. The Labute approximate surface area is 144 Å². The Kier molecular flexibility index (Phi) is 5.87. The minimum Gasteiger partial charge on any atom is -0.395 e. The normalized spacial score (nSPS) is 20.8. The maximum atomic E-state index is 12.5. The summed E-state index contributed by atoms with van der Waals surface area (Å²) in [6, 6.07) is 8.70. The zero-order chi connectivity index (χ0) is 16.9. The third-order valence-electron chi connectivity index (χ3n) is 5.09. The average Bonchev–Trinajstić information content (AvgIpc) is 3.41. The molecule has 1 heterocycles. The maximum Gasteiger partial charge on any atom is 0.234 e. The molecule has 24 heavy (non-hydrogen) atoms. The Morgan fingerprint density at radius 1 is 1.17 bits per heavy atom. The molecule has 0 radical (unpaired) electrons. The van der Waals surface area contributed by atoms with Crippen LogP contribution >= 0.6 is 0 Å². The molecule has 5 heteroatoms. The van der Waals surface area contributed by atoms with Crippen molar-refractivity contribution in [1.29, 1.82) is 0 Å². The molecule has 0 bridgehead atoms. The summed E-state index contributed by atoms with van der Waals surface area (Å²) in [6.45, 7) is 7.15. The molecule has 1 aliphatic heterocycles. The summed E-state index contributed by atoms with van der Waals surface area (Å²) in [5.41, 5.74) is 2.48.